The number of H-pyrrole nitrogens is 1. The van der Waals surface area contributed by atoms with Gasteiger partial charge in [-0.05, 0) is 40.7 Å². The summed E-state index contributed by atoms with van der Waals surface area (Å²) in [5.74, 6) is -0.456. The minimum atomic E-state index is -0.250. The second kappa shape index (κ2) is 8.27. The molecule has 3 aromatic carbocycles. The van der Waals surface area contributed by atoms with Crippen molar-refractivity contribution >= 4 is 16.9 Å². The van der Waals surface area contributed by atoms with Gasteiger partial charge in [-0.3, -0.25) is 4.79 Å². The van der Waals surface area contributed by atoms with Crippen LogP contribution in [0.2, 0.25) is 0 Å². The second-order valence-electron chi connectivity index (χ2n) is 8.55. The van der Waals surface area contributed by atoms with Gasteiger partial charge in [0.2, 0.25) is 0 Å². The molecule has 5 rings (SSSR count). The van der Waals surface area contributed by atoms with Crippen LogP contribution >= 0.6 is 0 Å². The number of rotatable bonds is 6. The van der Waals surface area contributed by atoms with Gasteiger partial charge in [-0.15, -0.1) is 0 Å². The molecule has 4 heteroatoms. The van der Waals surface area contributed by atoms with Crippen molar-refractivity contribution in [1.29, 1.82) is 0 Å². The van der Waals surface area contributed by atoms with Gasteiger partial charge < -0.3 is 9.72 Å². The first-order valence-corrected chi connectivity index (χ1v) is 11.2. The van der Waals surface area contributed by atoms with E-state index in [1.807, 2.05) is 36.4 Å². The number of aryl methyl sites for hydroxylation is 1. The average molecular weight is 428 g/mol. The van der Waals surface area contributed by atoms with Crippen molar-refractivity contribution in [2.75, 3.05) is 7.11 Å². The summed E-state index contributed by atoms with van der Waals surface area (Å²) in [5, 5.41) is 0.923. The number of hydrogen-bond donors (Lipinski definition) is 1. The average Bonchev–Trinajstić information content (AvgIpc) is 3.34. The van der Waals surface area contributed by atoms with Crippen molar-refractivity contribution in [2.45, 2.75) is 39.0 Å². The lowest BCUT2D eigenvalue weighted by Gasteiger charge is -2.08. The van der Waals surface area contributed by atoms with Gasteiger partial charge in [-0.25, -0.2) is 4.39 Å². The summed E-state index contributed by atoms with van der Waals surface area (Å²) in [5.41, 5.74) is 8.62. The van der Waals surface area contributed by atoms with Gasteiger partial charge in [-0.2, -0.15) is 0 Å². The predicted octanol–water partition coefficient (Wildman–Crippen LogP) is 6.60. The number of carbonyl (C=O) groups excluding carboxylic acids is 1. The van der Waals surface area contributed by atoms with Crippen LogP contribution < -0.4 is 0 Å². The number of nitrogens with one attached hydrogen (secondary N) is 1. The van der Waals surface area contributed by atoms with Crippen LogP contribution in [0.4, 0.5) is 4.39 Å². The Labute approximate surface area is 187 Å². The zero-order valence-electron chi connectivity index (χ0n) is 18.4. The lowest BCUT2D eigenvalue weighted by Crippen LogP contribution is -2.04. The highest BCUT2D eigenvalue weighted by atomic mass is 19.1. The van der Waals surface area contributed by atoms with Gasteiger partial charge in [-0.1, -0.05) is 67.9 Å². The van der Waals surface area contributed by atoms with E-state index in [1.165, 1.54) is 25.5 Å². The van der Waals surface area contributed by atoms with E-state index in [2.05, 4.69) is 30.1 Å². The molecule has 0 saturated carbocycles. The van der Waals surface area contributed by atoms with E-state index >= 15 is 4.39 Å². The lowest BCUT2D eigenvalue weighted by molar-refractivity contribution is -0.139. The molecule has 0 unspecified atom stereocenters. The summed E-state index contributed by atoms with van der Waals surface area (Å²) in [6.07, 6.45) is 4.38. The largest absolute Gasteiger partial charge is 0.469 e. The number of aromatic nitrogens is 1. The van der Waals surface area contributed by atoms with E-state index < -0.39 is 0 Å². The van der Waals surface area contributed by atoms with Crippen LogP contribution in [0.5, 0.6) is 0 Å². The van der Waals surface area contributed by atoms with Crippen LogP contribution in [0.15, 0.2) is 54.6 Å². The molecule has 0 amide bonds. The first-order chi connectivity index (χ1) is 15.6. The third-order valence-electron chi connectivity index (χ3n) is 6.49. The molecule has 1 N–H and O–H groups in total. The minimum Gasteiger partial charge on any atom is -0.469 e. The Morgan fingerprint density at radius 2 is 1.78 bits per heavy atom. The molecule has 3 nitrogen and oxygen atoms in total. The van der Waals surface area contributed by atoms with Crippen molar-refractivity contribution in [3.63, 3.8) is 0 Å². The number of ether oxygens (including phenoxy) is 1. The standard InChI is InChI=1S/C28H26FNO2/c1-3-4-5-17-6-9-19(10-7-17)21-12-13-23-24-16-20-14-18(15-25(31)32-2)8-11-22(20)27(24)30-28(23)26(21)29/h6-14,30H,3-5,15-16H2,1-2H3. The number of aromatic amines is 1. The van der Waals surface area contributed by atoms with Crippen LogP contribution in [0, 0.1) is 5.82 Å². The molecule has 1 aromatic heterocycles. The Balaban J connectivity index is 1.49. The molecule has 1 aliphatic carbocycles. The SMILES string of the molecule is CCCCc1ccc(-c2ccc3c4c([nH]c3c2F)-c2ccc(CC(=O)OC)cc2C4)cc1. The Hall–Kier alpha value is -3.40. The first kappa shape index (κ1) is 20.5. The molecule has 0 bridgehead atoms. The van der Waals surface area contributed by atoms with Crippen LogP contribution in [0.1, 0.15) is 42.0 Å². The third-order valence-corrected chi connectivity index (χ3v) is 6.49. The summed E-state index contributed by atoms with van der Waals surface area (Å²) in [6, 6.07) is 18.2. The summed E-state index contributed by atoms with van der Waals surface area (Å²) in [6.45, 7) is 2.19. The second-order valence-corrected chi connectivity index (χ2v) is 8.55. The molecular weight excluding hydrogens is 401 g/mol. The van der Waals surface area contributed by atoms with E-state index in [4.69, 9.17) is 4.74 Å². The van der Waals surface area contributed by atoms with Gasteiger partial charge in [0.25, 0.3) is 0 Å². The smallest absolute Gasteiger partial charge is 0.309 e. The fourth-order valence-electron chi connectivity index (χ4n) is 4.73. The highest BCUT2D eigenvalue weighted by molar-refractivity contribution is 5.97. The minimum absolute atomic E-state index is 0.206. The molecule has 0 fully saturated rings. The number of hydrogen-bond acceptors (Lipinski definition) is 2. The van der Waals surface area contributed by atoms with E-state index in [0.29, 0.717) is 11.1 Å². The quantitative estimate of drug-likeness (QED) is 0.310. The zero-order chi connectivity index (χ0) is 22.2. The van der Waals surface area contributed by atoms with Gasteiger partial charge >= 0.3 is 5.97 Å². The number of carbonyl (C=O) groups is 1. The molecule has 0 atom stereocenters. The Morgan fingerprint density at radius 3 is 2.53 bits per heavy atom. The van der Waals surface area contributed by atoms with E-state index in [9.17, 15) is 4.79 Å². The lowest BCUT2D eigenvalue weighted by atomic mass is 9.99. The Bertz CT molecular complexity index is 1320. The van der Waals surface area contributed by atoms with Gasteiger partial charge in [0.1, 0.15) is 0 Å². The molecule has 32 heavy (non-hydrogen) atoms. The molecule has 4 aromatic rings. The normalized spacial score (nSPS) is 12.1. The summed E-state index contributed by atoms with van der Waals surface area (Å²) in [7, 11) is 1.40. The highest BCUT2D eigenvalue weighted by Crippen LogP contribution is 2.42. The third kappa shape index (κ3) is 3.50. The van der Waals surface area contributed by atoms with E-state index in [1.54, 1.807) is 0 Å². The number of unbranched alkanes of at least 4 members (excludes halogenated alkanes) is 1. The van der Waals surface area contributed by atoms with E-state index in [-0.39, 0.29) is 18.2 Å². The van der Waals surface area contributed by atoms with Crippen molar-refractivity contribution in [3.05, 3.63) is 82.7 Å². The number of methoxy groups -OCH3 is 1. The number of halogens is 1. The molecule has 0 radical (unpaired) electrons. The summed E-state index contributed by atoms with van der Waals surface area (Å²) >= 11 is 0. The highest BCUT2D eigenvalue weighted by Gasteiger charge is 2.25. The predicted molar refractivity (Wildman–Crippen MR) is 126 cm³/mol. The summed E-state index contributed by atoms with van der Waals surface area (Å²) in [4.78, 5) is 15.0. The first-order valence-electron chi connectivity index (χ1n) is 11.2. The molecule has 0 spiro atoms. The molecular formula is C28H26FNO2. The zero-order valence-corrected chi connectivity index (χ0v) is 18.4. The molecule has 0 saturated heterocycles. The van der Waals surface area contributed by atoms with Crippen LogP contribution in [-0.4, -0.2) is 18.1 Å². The fraction of sp³-hybridized carbons (Fsp3) is 0.250. The van der Waals surface area contributed by atoms with Gasteiger partial charge in [0, 0.05) is 22.9 Å². The molecule has 162 valence electrons. The van der Waals surface area contributed by atoms with Crippen LogP contribution in [0.25, 0.3) is 33.3 Å². The monoisotopic (exact) mass is 427 g/mol. The van der Waals surface area contributed by atoms with Crippen molar-refractivity contribution < 1.29 is 13.9 Å². The maximum absolute atomic E-state index is 15.6. The molecule has 0 aliphatic heterocycles. The van der Waals surface area contributed by atoms with Crippen molar-refractivity contribution in [2.24, 2.45) is 0 Å². The summed E-state index contributed by atoms with van der Waals surface area (Å²) < 4.78 is 20.3. The molecule has 1 heterocycles. The Morgan fingerprint density at radius 1 is 1.03 bits per heavy atom. The van der Waals surface area contributed by atoms with Crippen LogP contribution in [-0.2, 0) is 28.8 Å². The maximum atomic E-state index is 15.6. The van der Waals surface area contributed by atoms with Gasteiger partial charge in [0.15, 0.2) is 5.82 Å². The Kier molecular flexibility index (Phi) is 5.30. The fourth-order valence-corrected chi connectivity index (χ4v) is 4.73. The van der Waals surface area contributed by atoms with Crippen molar-refractivity contribution in [3.8, 4) is 22.4 Å². The molecule has 1 aliphatic rings. The maximum Gasteiger partial charge on any atom is 0.309 e. The van der Waals surface area contributed by atoms with E-state index in [0.717, 1.165) is 51.7 Å². The number of fused-ring (bicyclic) bond motifs is 5. The number of benzene rings is 3. The van der Waals surface area contributed by atoms with Crippen LogP contribution in [0.3, 0.4) is 0 Å². The number of esters is 1. The van der Waals surface area contributed by atoms with Crippen molar-refractivity contribution in [1.82, 2.24) is 4.98 Å². The topological polar surface area (TPSA) is 42.1 Å². The van der Waals surface area contributed by atoms with Gasteiger partial charge in [0.05, 0.1) is 24.7 Å².